The van der Waals surface area contributed by atoms with E-state index in [0.29, 0.717) is 6.42 Å². The summed E-state index contributed by atoms with van der Waals surface area (Å²) >= 11 is 0. The highest BCUT2D eigenvalue weighted by Gasteiger charge is 2.33. The van der Waals surface area contributed by atoms with Crippen molar-refractivity contribution < 1.29 is 35.5 Å². The average molecular weight is 514 g/mol. The van der Waals surface area contributed by atoms with Crippen molar-refractivity contribution in [3.05, 3.63) is 58.5 Å². The molecular formula is C23H23F4N3O4S. The number of terminal acetylenes is 1. The number of ether oxygens (including phenoxy) is 1. The Morgan fingerprint density at radius 2 is 2.00 bits per heavy atom. The van der Waals surface area contributed by atoms with Gasteiger partial charge in [-0.3, -0.25) is 9.52 Å². The van der Waals surface area contributed by atoms with E-state index in [1.165, 1.54) is 12.1 Å². The molecule has 1 unspecified atom stereocenters. The molecular weight excluding hydrogens is 490 g/mol. The highest BCUT2D eigenvalue weighted by atomic mass is 32.2. The molecule has 0 saturated heterocycles. The van der Waals surface area contributed by atoms with Crippen LogP contribution in [0, 0.1) is 18.2 Å². The van der Waals surface area contributed by atoms with Crippen LogP contribution in [0.1, 0.15) is 42.7 Å². The molecule has 12 heteroatoms. The first kappa shape index (κ1) is 27.7. The Bertz CT molecular complexity index is 1270. The summed E-state index contributed by atoms with van der Waals surface area (Å²) < 4.78 is 83.7. The first-order valence-electron chi connectivity index (χ1n) is 10.2. The number of anilines is 1. The second-order valence-corrected chi connectivity index (χ2v) is 9.24. The standard InChI is InChI=1S/C23H23F4N3O4S/c1-5-14(3)34-22-17(7-9-19(29-22)23(25,26)27)8-10-20(31)28-13-15-11-16(6-2)21(18(24)12-15)30-35(4,32)33/h2,7-12,14,30H,5,13H2,1,3-4H3,(H,28,31)/b10-8+. The maximum atomic E-state index is 14.4. The minimum absolute atomic E-state index is 0.0575. The zero-order chi connectivity index (χ0) is 26.4. The van der Waals surface area contributed by atoms with Crippen LogP contribution in [0.5, 0.6) is 5.88 Å². The molecule has 1 aromatic heterocycles. The molecule has 2 rings (SSSR count). The Morgan fingerprint density at radius 1 is 1.31 bits per heavy atom. The zero-order valence-electron chi connectivity index (χ0n) is 19.0. The third kappa shape index (κ3) is 8.29. The quantitative estimate of drug-likeness (QED) is 0.299. The maximum absolute atomic E-state index is 14.4. The average Bonchev–Trinajstić information content (AvgIpc) is 2.76. The van der Waals surface area contributed by atoms with E-state index >= 15 is 0 Å². The summed E-state index contributed by atoms with van der Waals surface area (Å²) in [5.74, 6) is 0.349. The Hall–Kier alpha value is -3.59. The van der Waals surface area contributed by atoms with E-state index in [2.05, 4.69) is 16.2 Å². The van der Waals surface area contributed by atoms with Crippen LogP contribution in [0.2, 0.25) is 0 Å². The van der Waals surface area contributed by atoms with E-state index in [4.69, 9.17) is 11.2 Å². The molecule has 0 aliphatic rings. The number of benzene rings is 1. The van der Waals surface area contributed by atoms with Gasteiger partial charge in [-0.25, -0.2) is 17.8 Å². The number of carbonyl (C=O) groups is 1. The van der Waals surface area contributed by atoms with Crippen molar-refractivity contribution in [1.82, 2.24) is 10.3 Å². The Balaban J connectivity index is 2.18. The Kier molecular flexibility index (Phi) is 8.87. The van der Waals surface area contributed by atoms with Crippen LogP contribution in [0.25, 0.3) is 6.08 Å². The maximum Gasteiger partial charge on any atom is 0.433 e. The molecule has 0 radical (unpaired) electrons. The molecule has 1 amide bonds. The molecule has 2 N–H and O–H groups in total. The highest BCUT2D eigenvalue weighted by molar-refractivity contribution is 7.92. The van der Waals surface area contributed by atoms with Crippen molar-refractivity contribution >= 4 is 27.7 Å². The summed E-state index contributed by atoms with van der Waals surface area (Å²) in [6, 6.07) is 4.26. The Labute approximate surface area is 200 Å². The lowest BCUT2D eigenvalue weighted by molar-refractivity contribution is -0.141. The fourth-order valence-electron chi connectivity index (χ4n) is 2.69. The lowest BCUT2D eigenvalue weighted by Crippen LogP contribution is -2.21. The van der Waals surface area contributed by atoms with Gasteiger partial charge in [0.05, 0.1) is 23.6 Å². The van der Waals surface area contributed by atoms with Crippen LogP contribution >= 0.6 is 0 Å². The number of carbonyl (C=O) groups excluding carboxylic acids is 1. The van der Waals surface area contributed by atoms with Crippen molar-refractivity contribution in [3.63, 3.8) is 0 Å². The molecule has 1 aromatic carbocycles. The van der Waals surface area contributed by atoms with Crippen molar-refractivity contribution in [1.29, 1.82) is 0 Å². The van der Waals surface area contributed by atoms with Crippen LogP contribution in [-0.2, 0) is 27.5 Å². The first-order chi connectivity index (χ1) is 16.2. The third-order valence-electron chi connectivity index (χ3n) is 4.54. The lowest BCUT2D eigenvalue weighted by atomic mass is 10.1. The summed E-state index contributed by atoms with van der Waals surface area (Å²) in [5.41, 5.74) is -1.15. The monoisotopic (exact) mass is 513 g/mol. The van der Waals surface area contributed by atoms with E-state index in [0.717, 1.165) is 30.5 Å². The zero-order valence-corrected chi connectivity index (χ0v) is 19.8. The van der Waals surface area contributed by atoms with E-state index in [1.807, 2.05) is 4.72 Å². The van der Waals surface area contributed by atoms with Gasteiger partial charge in [0, 0.05) is 18.2 Å². The second-order valence-electron chi connectivity index (χ2n) is 7.50. The van der Waals surface area contributed by atoms with Gasteiger partial charge in [-0.05, 0) is 49.2 Å². The predicted molar refractivity (Wildman–Crippen MR) is 123 cm³/mol. The molecule has 1 atom stereocenters. The van der Waals surface area contributed by atoms with Crippen molar-refractivity contribution in [2.45, 2.75) is 39.1 Å². The summed E-state index contributed by atoms with van der Waals surface area (Å²) in [4.78, 5) is 15.8. The third-order valence-corrected chi connectivity index (χ3v) is 5.12. The van der Waals surface area contributed by atoms with E-state index in [1.54, 1.807) is 13.8 Å². The van der Waals surface area contributed by atoms with Gasteiger partial charge in [-0.1, -0.05) is 12.8 Å². The highest BCUT2D eigenvalue weighted by Crippen LogP contribution is 2.31. The molecule has 0 spiro atoms. The molecule has 2 aromatic rings. The number of rotatable bonds is 9. The van der Waals surface area contributed by atoms with Gasteiger partial charge in [0.2, 0.25) is 21.8 Å². The number of sulfonamides is 1. The van der Waals surface area contributed by atoms with Gasteiger partial charge in [0.15, 0.2) is 0 Å². The van der Waals surface area contributed by atoms with Gasteiger partial charge in [0.25, 0.3) is 0 Å². The number of nitrogens with one attached hydrogen (secondary N) is 2. The fraction of sp³-hybridized carbons (Fsp3) is 0.304. The molecule has 188 valence electrons. The van der Waals surface area contributed by atoms with Crippen molar-refractivity contribution in [2.24, 2.45) is 0 Å². The summed E-state index contributed by atoms with van der Waals surface area (Å²) in [6.07, 6.45) is 3.94. The van der Waals surface area contributed by atoms with Crippen LogP contribution < -0.4 is 14.8 Å². The number of pyridine rings is 1. The molecule has 0 bridgehead atoms. The Morgan fingerprint density at radius 3 is 2.57 bits per heavy atom. The molecule has 0 aliphatic heterocycles. The van der Waals surface area contributed by atoms with E-state index in [9.17, 15) is 30.8 Å². The number of hydrogen-bond donors (Lipinski definition) is 2. The molecule has 35 heavy (non-hydrogen) atoms. The largest absolute Gasteiger partial charge is 0.474 e. The van der Waals surface area contributed by atoms with Crippen LogP contribution in [0.3, 0.4) is 0 Å². The van der Waals surface area contributed by atoms with Crippen LogP contribution in [0.15, 0.2) is 30.3 Å². The van der Waals surface area contributed by atoms with Crippen LogP contribution in [0.4, 0.5) is 23.2 Å². The normalized spacial score (nSPS) is 12.7. The van der Waals surface area contributed by atoms with Gasteiger partial charge >= 0.3 is 6.18 Å². The van der Waals surface area contributed by atoms with Gasteiger partial charge in [-0.15, -0.1) is 6.42 Å². The molecule has 1 heterocycles. The number of nitrogens with zero attached hydrogens (tertiary/aromatic N) is 1. The molecule has 0 saturated carbocycles. The summed E-state index contributed by atoms with van der Waals surface area (Å²) in [6.45, 7) is 3.30. The minimum atomic E-state index is -4.66. The van der Waals surface area contributed by atoms with Gasteiger partial charge < -0.3 is 10.1 Å². The molecule has 0 fully saturated rings. The SMILES string of the molecule is C#Cc1cc(CNC(=O)/C=C/c2ccc(C(F)(F)F)nc2OC(C)CC)cc(F)c1NS(C)(=O)=O. The lowest BCUT2D eigenvalue weighted by Gasteiger charge is -2.15. The summed E-state index contributed by atoms with van der Waals surface area (Å²) in [7, 11) is -3.77. The van der Waals surface area contributed by atoms with Gasteiger partial charge in [-0.2, -0.15) is 13.2 Å². The minimum Gasteiger partial charge on any atom is -0.474 e. The fourth-order valence-corrected chi connectivity index (χ4v) is 3.26. The predicted octanol–water partition coefficient (Wildman–Crippen LogP) is 4.10. The van der Waals surface area contributed by atoms with Crippen LogP contribution in [-0.4, -0.2) is 31.7 Å². The molecule has 0 aliphatic carbocycles. The van der Waals surface area contributed by atoms with Crippen molar-refractivity contribution in [3.8, 4) is 18.2 Å². The number of alkyl halides is 3. The number of halogens is 4. The van der Waals surface area contributed by atoms with Gasteiger partial charge in [0.1, 0.15) is 11.5 Å². The topological polar surface area (TPSA) is 97.4 Å². The first-order valence-corrected chi connectivity index (χ1v) is 12.1. The van der Waals surface area contributed by atoms with E-state index < -0.39 is 39.7 Å². The van der Waals surface area contributed by atoms with Crippen molar-refractivity contribution in [2.75, 3.05) is 11.0 Å². The number of aromatic nitrogens is 1. The summed E-state index contributed by atoms with van der Waals surface area (Å²) in [5, 5.41) is 2.48. The second kappa shape index (κ2) is 11.2. The van der Waals surface area contributed by atoms with E-state index in [-0.39, 0.29) is 34.8 Å². The number of hydrogen-bond acceptors (Lipinski definition) is 5. The molecule has 7 nitrogen and oxygen atoms in total. The number of amides is 1. The smallest absolute Gasteiger partial charge is 0.433 e.